The van der Waals surface area contributed by atoms with Gasteiger partial charge in [-0.2, -0.15) is 0 Å². The molecule has 0 aliphatic carbocycles. The fraction of sp³-hybridized carbons (Fsp3) is 0.188. The number of thioether (sulfide) groups is 1. The molecule has 2 aromatic rings. The predicted molar refractivity (Wildman–Crippen MR) is 87.6 cm³/mol. The van der Waals surface area contributed by atoms with Crippen molar-refractivity contribution >= 4 is 29.0 Å². The molecule has 102 valence electrons. The highest BCUT2D eigenvalue weighted by Crippen LogP contribution is 2.37. The van der Waals surface area contributed by atoms with Gasteiger partial charge in [-0.3, -0.25) is 0 Å². The minimum absolute atomic E-state index is 0.378. The molecule has 2 aromatic carbocycles. The molecule has 4 heteroatoms. The Hall–Kier alpha value is -1.52. The van der Waals surface area contributed by atoms with Gasteiger partial charge in [-0.15, -0.1) is 11.8 Å². The summed E-state index contributed by atoms with van der Waals surface area (Å²) >= 11 is 6.93. The molecule has 2 N–H and O–H groups in total. The lowest BCUT2D eigenvalue weighted by Crippen LogP contribution is -2.16. The van der Waals surface area contributed by atoms with E-state index in [1.807, 2.05) is 36.0 Å². The molecule has 3 rings (SSSR count). The monoisotopic (exact) mass is 301 g/mol. The fourth-order valence-corrected chi connectivity index (χ4v) is 3.71. The van der Waals surface area contributed by atoms with Crippen LogP contribution in [0.25, 0.3) is 0 Å². The predicted octanol–water partition coefficient (Wildman–Crippen LogP) is 3.42. The first-order valence-corrected chi connectivity index (χ1v) is 7.79. The average Bonchev–Trinajstić information content (AvgIpc) is 2.88. The van der Waals surface area contributed by atoms with Crippen LogP contribution in [0.2, 0.25) is 0 Å². The second kappa shape index (κ2) is 5.85. The summed E-state index contributed by atoms with van der Waals surface area (Å²) < 4.78 is 5.93. The lowest BCUT2D eigenvalue weighted by molar-refractivity contribution is 0.317. The second-order valence-corrected chi connectivity index (χ2v) is 6.51. The van der Waals surface area contributed by atoms with Crippen molar-refractivity contribution in [3.63, 3.8) is 0 Å². The highest BCUT2D eigenvalue weighted by atomic mass is 32.2. The summed E-state index contributed by atoms with van der Waals surface area (Å²) in [4.78, 5) is 1.74. The van der Waals surface area contributed by atoms with Gasteiger partial charge in [0, 0.05) is 10.1 Å². The number of benzene rings is 2. The average molecular weight is 301 g/mol. The van der Waals surface area contributed by atoms with E-state index in [1.54, 1.807) is 0 Å². The zero-order chi connectivity index (χ0) is 13.9. The van der Waals surface area contributed by atoms with E-state index in [9.17, 15) is 0 Å². The van der Waals surface area contributed by atoms with Gasteiger partial charge in [-0.25, -0.2) is 0 Å². The Morgan fingerprint density at radius 1 is 1.20 bits per heavy atom. The highest BCUT2D eigenvalue weighted by molar-refractivity contribution is 8.00. The molecule has 2 nitrogen and oxygen atoms in total. The molecule has 0 bridgehead atoms. The van der Waals surface area contributed by atoms with Crippen LogP contribution in [0.1, 0.15) is 11.1 Å². The normalized spacial score (nSPS) is 16.7. The Labute approximate surface area is 128 Å². The number of hydrogen-bond acceptors (Lipinski definition) is 3. The van der Waals surface area contributed by atoms with Crippen molar-refractivity contribution in [3.8, 4) is 5.75 Å². The van der Waals surface area contributed by atoms with Crippen molar-refractivity contribution < 1.29 is 4.74 Å². The van der Waals surface area contributed by atoms with E-state index in [2.05, 4.69) is 24.3 Å². The topological polar surface area (TPSA) is 35.2 Å². The molecule has 0 saturated heterocycles. The lowest BCUT2D eigenvalue weighted by atomic mass is 10.1. The molecule has 1 atom stereocenters. The maximum atomic E-state index is 5.93. The first kappa shape index (κ1) is 13.5. The van der Waals surface area contributed by atoms with Gasteiger partial charge in [-0.05, 0) is 30.2 Å². The molecule has 0 aromatic heterocycles. The molecule has 1 aliphatic rings. The van der Waals surface area contributed by atoms with Gasteiger partial charge in [-0.1, -0.05) is 42.5 Å². The number of nitrogens with two attached hydrogens (primary N) is 1. The quantitative estimate of drug-likeness (QED) is 0.878. The first-order chi connectivity index (χ1) is 9.74. The van der Waals surface area contributed by atoms with Crippen LogP contribution in [-0.2, 0) is 6.42 Å². The molecule has 0 radical (unpaired) electrons. The van der Waals surface area contributed by atoms with E-state index >= 15 is 0 Å². The van der Waals surface area contributed by atoms with Gasteiger partial charge >= 0.3 is 0 Å². The van der Waals surface area contributed by atoms with Crippen LogP contribution >= 0.6 is 24.0 Å². The third-order valence-electron chi connectivity index (χ3n) is 3.29. The summed E-state index contributed by atoms with van der Waals surface area (Å²) in [5.74, 6) is 0.775. The maximum absolute atomic E-state index is 5.93. The zero-order valence-electron chi connectivity index (χ0n) is 10.9. The van der Waals surface area contributed by atoms with E-state index < -0.39 is 0 Å². The van der Waals surface area contributed by atoms with Gasteiger partial charge in [0.2, 0.25) is 0 Å². The molecular formula is C16H15NOS2. The number of para-hydroxylation sites is 1. The minimum Gasteiger partial charge on any atom is -0.492 e. The van der Waals surface area contributed by atoms with Crippen LogP contribution in [0, 0.1) is 0 Å². The Bertz CT molecular complexity index is 617. The van der Waals surface area contributed by atoms with Crippen LogP contribution in [0.5, 0.6) is 5.75 Å². The molecular weight excluding hydrogens is 286 g/mol. The Kier molecular flexibility index (Phi) is 3.94. The number of ether oxygens (including phenoxy) is 1. The third kappa shape index (κ3) is 2.81. The SMILES string of the molecule is NC(=S)c1ccccc1OCC1Cc2ccccc2S1. The van der Waals surface area contributed by atoms with E-state index in [1.165, 1.54) is 10.5 Å². The van der Waals surface area contributed by atoms with Crippen LogP contribution in [0.15, 0.2) is 53.4 Å². The van der Waals surface area contributed by atoms with Crippen molar-refractivity contribution in [1.29, 1.82) is 0 Å². The van der Waals surface area contributed by atoms with Gasteiger partial charge < -0.3 is 10.5 Å². The molecule has 0 amide bonds. The Morgan fingerprint density at radius 2 is 1.95 bits per heavy atom. The fourth-order valence-electron chi connectivity index (χ4n) is 2.33. The van der Waals surface area contributed by atoms with Crippen molar-refractivity contribution in [2.24, 2.45) is 5.73 Å². The van der Waals surface area contributed by atoms with Crippen LogP contribution in [0.3, 0.4) is 0 Å². The maximum Gasteiger partial charge on any atom is 0.129 e. The number of fused-ring (bicyclic) bond motifs is 1. The summed E-state index contributed by atoms with van der Waals surface area (Å²) in [6, 6.07) is 16.2. The first-order valence-electron chi connectivity index (χ1n) is 6.50. The van der Waals surface area contributed by atoms with Gasteiger partial charge in [0.15, 0.2) is 0 Å². The Balaban J connectivity index is 1.66. The smallest absolute Gasteiger partial charge is 0.129 e. The van der Waals surface area contributed by atoms with Crippen LogP contribution in [-0.4, -0.2) is 16.8 Å². The summed E-state index contributed by atoms with van der Waals surface area (Å²) in [7, 11) is 0. The third-order valence-corrected chi connectivity index (χ3v) is 4.80. The minimum atomic E-state index is 0.378. The van der Waals surface area contributed by atoms with Crippen molar-refractivity contribution in [2.45, 2.75) is 16.6 Å². The molecule has 0 saturated carbocycles. The van der Waals surface area contributed by atoms with Crippen molar-refractivity contribution in [3.05, 3.63) is 59.7 Å². The largest absolute Gasteiger partial charge is 0.492 e. The van der Waals surface area contributed by atoms with Crippen molar-refractivity contribution in [2.75, 3.05) is 6.61 Å². The standard InChI is InChI=1S/C16H15NOS2/c17-16(19)13-6-2-3-7-14(13)18-10-12-9-11-5-1-4-8-15(11)20-12/h1-8,12H,9-10H2,(H2,17,19). The van der Waals surface area contributed by atoms with E-state index in [0.29, 0.717) is 16.8 Å². The lowest BCUT2D eigenvalue weighted by Gasteiger charge is -2.13. The molecule has 0 fully saturated rings. The van der Waals surface area contributed by atoms with Gasteiger partial charge in [0.1, 0.15) is 17.3 Å². The molecule has 1 heterocycles. The molecule has 0 spiro atoms. The van der Waals surface area contributed by atoms with E-state index in [4.69, 9.17) is 22.7 Å². The van der Waals surface area contributed by atoms with E-state index in [-0.39, 0.29) is 0 Å². The number of rotatable bonds is 4. The summed E-state index contributed by atoms with van der Waals surface area (Å²) in [5.41, 5.74) is 7.93. The number of thiocarbonyl (C=S) groups is 1. The number of hydrogen-bond donors (Lipinski definition) is 1. The molecule has 1 unspecified atom stereocenters. The zero-order valence-corrected chi connectivity index (χ0v) is 12.5. The summed E-state index contributed by atoms with van der Waals surface area (Å²) in [6.07, 6.45) is 1.05. The van der Waals surface area contributed by atoms with Crippen LogP contribution in [0.4, 0.5) is 0 Å². The second-order valence-electron chi connectivity index (χ2n) is 4.72. The Morgan fingerprint density at radius 3 is 2.75 bits per heavy atom. The highest BCUT2D eigenvalue weighted by Gasteiger charge is 2.22. The summed E-state index contributed by atoms with van der Waals surface area (Å²) in [5, 5.41) is 0.451. The van der Waals surface area contributed by atoms with Crippen molar-refractivity contribution in [1.82, 2.24) is 0 Å². The van der Waals surface area contributed by atoms with Crippen LogP contribution < -0.4 is 10.5 Å². The molecule has 1 aliphatic heterocycles. The van der Waals surface area contributed by atoms with E-state index in [0.717, 1.165) is 17.7 Å². The molecule has 20 heavy (non-hydrogen) atoms. The summed E-state index contributed by atoms with van der Waals surface area (Å²) in [6.45, 7) is 0.666. The van der Waals surface area contributed by atoms with Gasteiger partial charge in [0.25, 0.3) is 0 Å². The van der Waals surface area contributed by atoms with Gasteiger partial charge in [0.05, 0.1) is 5.56 Å².